The molecular weight excluding hydrogens is 273 g/mol. The zero-order chi connectivity index (χ0) is 13.1. The first-order chi connectivity index (χ1) is 8.61. The topological polar surface area (TPSA) is 46.9 Å². The Balaban J connectivity index is 2.22. The highest BCUT2D eigenvalue weighted by molar-refractivity contribution is 6.35. The first-order valence-corrected chi connectivity index (χ1v) is 6.16. The van der Waals surface area contributed by atoms with Crippen LogP contribution in [0.15, 0.2) is 30.5 Å². The summed E-state index contributed by atoms with van der Waals surface area (Å²) >= 11 is 11.9. The molecule has 0 spiro atoms. The van der Waals surface area contributed by atoms with E-state index in [4.69, 9.17) is 23.2 Å². The molecule has 0 radical (unpaired) electrons. The standard InChI is InChI=1S/C12H11Cl2N3O/c1-2-17-7-9(14)11(16-17)12(18)15-10-6-4-3-5-8(10)13/h3-7H,2H2,1H3,(H,15,18). The minimum absolute atomic E-state index is 0.193. The van der Waals surface area contributed by atoms with Crippen molar-refractivity contribution in [2.45, 2.75) is 13.5 Å². The number of hydrogen-bond donors (Lipinski definition) is 1. The van der Waals surface area contributed by atoms with Crippen molar-refractivity contribution >= 4 is 34.8 Å². The monoisotopic (exact) mass is 283 g/mol. The number of carbonyl (C=O) groups excluding carboxylic acids is 1. The summed E-state index contributed by atoms with van der Waals surface area (Å²) in [5.41, 5.74) is 0.727. The number of aryl methyl sites for hydroxylation is 1. The molecule has 18 heavy (non-hydrogen) atoms. The van der Waals surface area contributed by atoms with E-state index >= 15 is 0 Å². The third kappa shape index (κ3) is 2.66. The maximum Gasteiger partial charge on any atom is 0.277 e. The van der Waals surface area contributed by atoms with Gasteiger partial charge in [-0.1, -0.05) is 35.3 Å². The van der Waals surface area contributed by atoms with Crippen LogP contribution in [0.4, 0.5) is 5.69 Å². The van der Waals surface area contributed by atoms with E-state index in [2.05, 4.69) is 10.4 Å². The molecule has 94 valence electrons. The summed E-state index contributed by atoms with van der Waals surface area (Å²) in [6, 6.07) is 6.99. The van der Waals surface area contributed by atoms with Crippen molar-refractivity contribution in [2.75, 3.05) is 5.32 Å². The molecule has 1 aromatic carbocycles. The zero-order valence-corrected chi connectivity index (χ0v) is 11.2. The number of aromatic nitrogens is 2. The number of halogens is 2. The maximum atomic E-state index is 12.0. The second kappa shape index (κ2) is 5.42. The molecule has 0 unspecified atom stereocenters. The first-order valence-electron chi connectivity index (χ1n) is 5.40. The summed E-state index contributed by atoms with van der Waals surface area (Å²) in [4.78, 5) is 12.0. The van der Waals surface area contributed by atoms with Crippen molar-refractivity contribution in [1.29, 1.82) is 0 Å². The van der Waals surface area contributed by atoms with E-state index < -0.39 is 0 Å². The molecule has 0 fully saturated rings. The van der Waals surface area contributed by atoms with Gasteiger partial charge in [-0.05, 0) is 19.1 Å². The Bertz CT molecular complexity index is 580. The van der Waals surface area contributed by atoms with E-state index in [-0.39, 0.29) is 11.6 Å². The molecule has 2 aromatic rings. The van der Waals surface area contributed by atoms with Crippen LogP contribution in [0.3, 0.4) is 0 Å². The third-order valence-corrected chi connectivity index (χ3v) is 2.98. The molecule has 1 heterocycles. The number of para-hydroxylation sites is 1. The van der Waals surface area contributed by atoms with Crippen LogP contribution in [0.5, 0.6) is 0 Å². The molecule has 6 heteroatoms. The van der Waals surface area contributed by atoms with Crippen LogP contribution < -0.4 is 5.32 Å². The maximum absolute atomic E-state index is 12.0. The first kappa shape index (κ1) is 12.9. The predicted octanol–water partition coefficient (Wildman–Crippen LogP) is 3.46. The molecule has 1 N–H and O–H groups in total. The quantitative estimate of drug-likeness (QED) is 0.938. The highest BCUT2D eigenvalue weighted by Crippen LogP contribution is 2.22. The van der Waals surface area contributed by atoms with Crippen LogP contribution >= 0.6 is 23.2 Å². The Morgan fingerprint density at radius 3 is 2.67 bits per heavy atom. The Kier molecular flexibility index (Phi) is 3.89. The molecule has 0 aliphatic carbocycles. The van der Waals surface area contributed by atoms with Gasteiger partial charge in [-0.2, -0.15) is 5.10 Å². The van der Waals surface area contributed by atoms with E-state index in [1.807, 2.05) is 6.92 Å². The minimum atomic E-state index is -0.375. The second-order valence-electron chi connectivity index (χ2n) is 3.62. The second-order valence-corrected chi connectivity index (χ2v) is 4.43. The molecule has 0 atom stereocenters. The van der Waals surface area contributed by atoms with Gasteiger partial charge in [0, 0.05) is 12.7 Å². The third-order valence-electron chi connectivity index (χ3n) is 2.38. The Hall–Kier alpha value is -1.52. The molecule has 0 bridgehead atoms. The number of carbonyl (C=O) groups is 1. The largest absolute Gasteiger partial charge is 0.319 e. The van der Waals surface area contributed by atoms with Gasteiger partial charge in [-0.25, -0.2) is 0 Å². The fourth-order valence-corrected chi connectivity index (χ4v) is 1.88. The van der Waals surface area contributed by atoms with Crippen molar-refractivity contribution in [3.05, 3.63) is 46.2 Å². The molecule has 4 nitrogen and oxygen atoms in total. The highest BCUT2D eigenvalue weighted by atomic mass is 35.5. The number of anilines is 1. The van der Waals surface area contributed by atoms with Crippen molar-refractivity contribution in [1.82, 2.24) is 9.78 Å². The average molecular weight is 284 g/mol. The van der Waals surface area contributed by atoms with Gasteiger partial charge in [0.25, 0.3) is 5.91 Å². The van der Waals surface area contributed by atoms with Gasteiger partial charge in [0.1, 0.15) is 0 Å². The highest BCUT2D eigenvalue weighted by Gasteiger charge is 2.16. The van der Waals surface area contributed by atoms with Crippen molar-refractivity contribution in [3.8, 4) is 0 Å². The number of nitrogens with one attached hydrogen (secondary N) is 1. The average Bonchev–Trinajstić information content (AvgIpc) is 2.73. The van der Waals surface area contributed by atoms with E-state index in [1.165, 1.54) is 0 Å². The van der Waals surface area contributed by atoms with Gasteiger partial charge in [0.2, 0.25) is 0 Å². The lowest BCUT2D eigenvalue weighted by atomic mass is 10.3. The fraction of sp³-hybridized carbons (Fsp3) is 0.167. The lowest BCUT2D eigenvalue weighted by Crippen LogP contribution is -2.14. The van der Waals surface area contributed by atoms with Crippen molar-refractivity contribution in [3.63, 3.8) is 0 Å². The zero-order valence-electron chi connectivity index (χ0n) is 9.65. The summed E-state index contributed by atoms with van der Waals surface area (Å²) in [6.45, 7) is 2.57. The van der Waals surface area contributed by atoms with Gasteiger partial charge in [-0.3, -0.25) is 9.48 Å². The molecule has 0 saturated carbocycles. The van der Waals surface area contributed by atoms with E-state index in [1.54, 1.807) is 35.1 Å². The summed E-state index contributed by atoms with van der Waals surface area (Å²) < 4.78 is 1.60. The number of nitrogens with zero attached hydrogens (tertiary/aromatic N) is 2. The molecule has 0 aliphatic heterocycles. The smallest absolute Gasteiger partial charge is 0.277 e. The molecule has 0 aliphatic rings. The van der Waals surface area contributed by atoms with E-state index in [9.17, 15) is 4.79 Å². The molecule has 2 rings (SSSR count). The lowest BCUT2D eigenvalue weighted by molar-refractivity contribution is 0.102. The fourth-order valence-electron chi connectivity index (χ4n) is 1.46. The van der Waals surface area contributed by atoms with E-state index in [0.717, 1.165) is 0 Å². The molecule has 1 aromatic heterocycles. The van der Waals surface area contributed by atoms with Crippen LogP contribution in [0.2, 0.25) is 10.0 Å². The SMILES string of the molecule is CCn1cc(Cl)c(C(=O)Nc2ccccc2Cl)n1. The van der Waals surface area contributed by atoms with Gasteiger partial charge in [-0.15, -0.1) is 0 Å². The Morgan fingerprint density at radius 1 is 1.33 bits per heavy atom. The van der Waals surface area contributed by atoms with Crippen LogP contribution in [0.25, 0.3) is 0 Å². The number of hydrogen-bond acceptors (Lipinski definition) is 2. The molecular formula is C12H11Cl2N3O. The lowest BCUT2D eigenvalue weighted by Gasteiger charge is -2.05. The van der Waals surface area contributed by atoms with Crippen LogP contribution in [-0.2, 0) is 6.54 Å². The Morgan fingerprint density at radius 2 is 2.06 bits per heavy atom. The minimum Gasteiger partial charge on any atom is -0.319 e. The number of amides is 1. The predicted molar refractivity (Wildman–Crippen MR) is 72.3 cm³/mol. The van der Waals surface area contributed by atoms with Crippen molar-refractivity contribution in [2.24, 2.45) is 0 Å². The summed E-state index contributed by atoms with van der Waals surface area (Å²) in [7, 11) is 0. The van der Waals surface area contributed by atoms with Crippen molar-refractivity contribution < 1.29 is 4.79 Å². The Labute approximate surface area is 115 Å². The molecule has 1 amide bonds. The summed E-state index contributed by atoms with van der Waals surface area (Å²) in [5.74, 6) is -0.375. The normalized spacial score (nSPS) is 10.4. The van der Waals surface area contributed by atoms with Gasteiger partial charge in [0.05, 0.1) is 15.7 Å². The molecule has 0 saturated heterocycles. The summed E-state index contributed by atoms with van der Waals surface area (Å²) in [6.07, 6.45) is 1.61. The van der Waals surface area contributed by atoms with Crippen LogP contribution in [0.1, 0.15) is 17.4 Å². The van der Waals surface area contributed by atoms with Gasteiger partial charge >= 0.3 is 0 Å². The van der Waals surface area contributed by atoms with Crippen LogP contribution in [0, 0.1) is 0 Å². The van der Waals surface area contributed by atoms with Gasteiger partial charge in [0.15, 0.2) is 5.69 Å². The number of rotatable bonds is 3. The number of benzene rings is 1. The van der Waals surface area contributed by atoms with Gasteiger partial charge < -0.3 is 5.32 Å². The summed E-state index contributed by atoms with van der Waals surface area (Å²) in [5, 5.41) is 7.55. The van der Waals surface area contributed by atoms with E-state index in [0.29, 0.717) is 22.3 Å². The van der Waals surface area contributed by atoms with Crippen LogP contribution in [-0.4, -0.2) is 15.7 Å².